The van der Waals surface area contributed by atoms with Crippen LogP contribution < -0.4 is 0 Å². The van der Waals surface area contributed by atoms with Crippen molar-refractivity contribution in [1.82, 2.24) is 14.9 Å². The number of aliphatic carboxylic acids is 1. The molecule has 0 radical (unpaired) electrons. The van der Waals surface area contributed by atoms with Crippen LogP contribution >= 0.6 is 0 Å². The molecule has 0 aromatic carbocycles. The third-order valence-electron chi connectivity index (χ3n) is 4.94. The van der Waals surface area contributed by atoms with Gasteiger partial charge in [-0.2, -0.15) is 0 Å². The van der Waals surface area contributed by atoms with Crippen molar-refractivity contribution in [2.24, 2.45) is 11.3 Å². The van der Waals surface area contributed by atoms with Gasteiger partial charge in [-0.3, -0.25) is 9.59 Å². The van der Waals surface area contributed by atoms with Crippen molar-refractivity contribution in [2.75, 3.05) is 26.3 Å². The second-order valence-electron chi connectivity index (χ2n) is 6.65. The smallest absolute Gasteiger partial charge is 0.311 e. The number of amides is 1. The van der Waals surface area contributed by atoms with Crippen LogP contribution in [-0.2, 0) is 9.53 Å². The number of hydrogen-bond acceptors (Lipinski definition) is 5. The van der Waals surface area contributed by atoms with Crippen LogP contribution in [0.25, 0.3) is 0 Å². The minimum absolute atomic E-state index is 0.0959. The second-order valence-corrected chi connectivity index (χ2v) is 6.65. The lowest BCUT2D eigenvalue weighted by atomic mass is 9.74. The highest BCUT2D eigenvalue weighted by Gasteiger charge is 2.55. The highest BCUT2D eigenvalue weighted by Crippen LogP contribution is 2.43. The molecule has 2 saturated heterocycles. The molecule has 0 aliphatic carbocycles. The van der Waals surface area contributed by atoms with E-state index < -0.39 is 11.4 Å². The van der Waals surface area contributed by atoms with E-state index in [-0.39, 0.29) is 24.3 Å². The highest BCUT2D eigenvalue weighted by atomic mass is 16.5. The van der Waals surface area contributed by atoms with Crippen LogP contribution in [0.2, 0.25) is 0 Å². The van der Waals surface area contributed by atoms with Crippen molar-refractivity contribution in [3.05, 3.63) is 23.8 Å². The lowest BCUT2D eigenvalue weighted by Gasteiger charge is -2.33. The molecule has 124 valence electrons. The van der Waals surface area contributed by atoms with Crippen molar-refractivity contribution in [1.29, 1.82) is 0 Å². The SMILES string of the molecule is CC(C)c1ncncc1C(=O)N1C[C@H]2COCC[C@@]2(C(=O)O)C1. The zero-order valence-corrected chi connectivity index (χ0v) is 13.4. The molecule has 1 N–H and O–H groups in total. The van der Waals surface area contributed by atoms with E-state index >= 15 is 0 Å². The van der Waals surface area contributed by atoms with E-state index in [1.54, 1.807) is 4.90 Å². The summed E-state index contributed by atoms with van der Waals surface area (Å²) in [6.45, 7) is 5.37. The summed E-state index contributed by atoms with van der Waals surface area (Å²) >= 11 is 0. The zero-order valence-electron chi connectivity index (χ0n) is 13.4. The summed E-state index contributed by atoms with van der Waals surface area (Å²) in [5, 5.41) is 9.69. The van der Waals surface area contributed by atoms with Crippen LogP contribution in [0.3, 0.4) is 0 Å². The van der Waals surface area contributed by atoms with E-state index in [0.717, 1.165) is 0 Å². The maximum absolute atomic E-state index is 12.9. The number of carbonyl (C=O) groups excluding carboxylic acids is 1. The van der Waals surface area contributed by atoms with Crippen molar-refractivity contribution < 1.29 is 19.4 Å². The molecule has 3 rings (SSSR count). The van der Waals surface area contributed by atoms with Gasteiger partial charge in [-0.05, 0) is 12.3 Å². The number of nitrogens with zero attached hydrogens (tertiary/aromatic N) is 3. The monoisotopic (exact) mass is 319 g/mol. The molecule has 0 saturated carbocycles. The zero-order chi connectivity index (χ0) is 16.6. The molecule has 2 aliphatic rings. The number of likely N-dealkylation sites (tertiary alicyclic amines) is 1. The fraction of sp³-hybridized carbons (Fsp3) is 0.625. The third kappa shape index (κ3) is 2.59. The van der Waals surface area contributed by atoms with Gasteiger partial charge in [0.25, 0.3) is 5.91 Å². The fourth-order valence-electron chi connectivity index (χ4n) is 3.59. The van der Waals surface area contributed by atoms with Gasteiger partial charge in [0.05, 0.1) is 23.3 Å². The summed E-state index contributed by atoms with van der Waals surface area (Å²) in [4.78, 5) is 34.5. The first-order valence-electron chi connectivity index (χ1n) is 7.86. The van der Waals surface area contributed by atoms with Crippen LogP contribution in [0.5, 0.6) is 0 Å². The molecule has 23 heavy (non-hydrogen) atoms. The first-order valence-corrected chi connectivity index (χ1v) is 7.86. The molecule has 0 spiro atoms. The maximum Gasteiger partial charge on any atom is 0.311 e. The summed E-state index contributed by atoms with van der Waals surface area (Å²) in [7, 11) is 0. The molecular formula is C16H21N3O4. The van der Waals surface area contributed by atoms with Crippen molar-refractivity contribution in [2.45, 2.75) is 26.2 Å². The van der Waals surface area contributed by atoms with Gasteiger partial charge in [0.1, 0.15) is 6.33 Å². The average molecular weight is 319 g/mol. The minimum Gasteiger partial charge on any atom is -0.481 e. The van der Waals surface area contributed by atoms with Gasteiger partial charge in [0.2, 0.25) is 0 Å². The van der Waals surface area contributed by atoms with E-state index in [1.165, 1.54) is 12.5 Å². The third-order valence-corrected chi connectivity index (χ3v) is 4.94. The van der Waals surface area contributed by atoms with E-state index in [1.807, 2.05) is 13.8 Å². The predicted molar refractivity (Wildman–Crippen MR) is 81.0 cm³/mol. The van der Waals surface area contributed by atoms with E-state index in [0.29, 0.717) is 37.4 Å². The second kappa shape index (κ2) is 5.88. The summed E-state index contributed by atoms with van der Waals surface area (Å²) in [6.07, 6.45) is 3.40. The predicted octanol–water partition coefficient (Wildman–Crippen LogP) is 1.16. The molecule has 2 atom stereocenters. The Bertz CT molecular complexity index is 634. The Morgan fingerprint density at radius 2 is 2.26 bits per heavy atom. The summed E-state index contributed by atoms with van der Waals surface area (Å²) in [6, 6.07) is 0. The van der Waals surface area contributed by atoms with Gasteiger partial charge in [-0.15, -0.1) is 0 Å². The van der Waals surface area contributed by atoms with Crippen LogP contribution in [-0.4, -0.2) is 58.2 Å². The molecule has 1 amide bonds. The standard InChI is InChI=1S/C16H21N3O4/c1-10(2)13-12(5-17-9-18-13)14(20)19-6-11-7-23-4-3-16(11,8-19)15(21)22/h5,9-11H,3-4,6-8H2,1-2H3,(H,21,22)/t11-,16+/m0/s1. The van der Waals surface area contributed by atoms with Gasteiger partial charge in [0, 0.05) is 31.8 Å². The Labute approximate surface area is 134 Å². The van der Waals surface area contributed by atoms with Crippen molar-refractivity contribution in [3.8, 4) is 0 Å². The van der Waals surface area contributed by atoms with Crippen LogP contribution in [0.15, 0.2) is 12.5 Å². The van der Waals surface area contributed by atoms with E-state index in [2.05, 4.69) is 9.97 Å². The topological polar surface area (TPSA) is 92.6 Å². The van der Waals surface area contributed by atoms with Crippen molar-refractivity contribution >= 4 is 11.9 Å². The van der Waals surface area contributed by atoms with Gasteiger partial charge in [-0.1, -0.05) is 13.8 Å². The normalized spacial score (nSPS) is 27.1. The molecule has 7 nitrogen and oxygen atoms in total. The molecule has 7 heteroatoms. The maximum atomic E-state index is 12.9. The van der Waals surface area contributed by atoms with Gasteiger partial charge < -0.3 is 14.7 Å². The Kier molecular flexibility index (Phi) is 4.06. The molecule has 1 aromatic rings. The largest absolute Gasteiger partial charge is 0.481 e. The van der Waals surface area contributed by atoms with Gasteiger partial charge in [0.15, 0.2) is 0 Å². The Balaban J connectivity index is 1.89. The Morgan fingerprint density at radius 1 is 1.48 bits per heavy atom. The molecule has 2 fully saturated rings. The van der Waals surface area contributed by atoms with Gasteiger partial charge >= 0.3 is 5.97 Å². The van der Waals surface area contributed by atoms with E-state index in [9.17, 15) is 14.7 Å². The number of fused-ring (bicyclic) bond motifs is 1. The molecule has 3 heterocycles. The van der Waals surface area contributed by atoms with Crippen LogP contribution in [0.1, 0.15) is 42.2 Å². The lowest BCUT2D eigenvalue weighted by molar-refractivity contribution is -0.157. The first kappa shape index (κ1) is 15.9. The number of carboxylic acids is 1. The molecule has 0 bridgehead atoms. The Hall–Kier alpha value is -2.02. The van der Waals surface area contributed by atoms with Crippen molar-refractivity contribution in [3.63, 3.8) is 0 Å². The van der Waals surface area contributed by atoms with Crippen LogP contribution in [0, 0.1) is 11.3 Å². The fourth-order valence-corrected chi connectivity index (χ4v) is 3.59. The number of carbonyl (C=O) groups is 2. The number of hydrogen-bond donors (Lipinski definition) is 1. The molecule has 1 aromatic heterocycles. The molecule has 0 unspecified atom stereocenters. The average Bonchev–Trinajstić information content (AvgIpc) is 2.95. The first-order chi connectivity index (χ1) is 11.0. The van der Waals surface area contributed by atoms with Crippen LogP contribution in [0.4, 0.5) is 0 Å². The molecular weight excluding hydrogens is 298 g/mol. The number of ether oxygens (including phenoxy) is 1. The Morgan fingerprint density at radius 3 is 2.91 bits per heavy atom. The van der Waals surface area contributed by atoms with E-state index in [4.69, 9.17) is 4.74 Å². The lowest BCUT2D eigenvalue weighted by Crippen LogP contribution is -2.45. The number of carboxylic acid groups (broad SMARTS) is 1. The number of rotatable bonds is 3. The molecule has 2 aliphatic heterocycles. The quantitative estimate of drug-likeness (QED) is 0.899. The van der Waals surface area contributed by atoms with Gasteiger partial charge in [-0.25, -0.2) is 9.97 Å². The highest BCUT2D eigenvalue weighted by molar-refractivity contribution is 5.96. The summed E-state index contributed by atoms with van der Waals surface area (Å²) < 4.78 is 5.43. The summed E-state index contributed by atoms with van der Waals surface area (Å²) in [5.41, 5.74) is 0.268. The minimum atomic E-state index is -0.887. The summed E-state index contributed by atoms with van der Waals surface area (Å²) in [5.74, 6) is -1.10. The number of aromatic nitrogens is 2.